The average Bonchev–Trinajstić information content (AvgIpc) is 1.62. The van der Waals surface area contributed by atoms with Crippen molar-refractivity contribution in [2.75, 3.05) is 0 Å². The van der Waals surface area contributed by atoms with Gasteiger partial charge >= 0.3 is 0 Å². The van der Waals surface area contributed by atoms with Crippen LogP contribution in [0.25, 0.3) is 144 Å². The maximum Gasteiger partial charge on any atom is 0.268 e. The van der Waals surface area contributed by atoms with Crippen LogP contribution in [0.1, 0.15) is 52.7 Å². The van der Waals surface area contributed by atoms with Gasteiger partial charge in [-0.2, -0.15) is 18.2 Å². The molecule has 8 heteroatoms. The minimum atomic E-state index is -0.222. The van der Waals surface area contributed by atoms with E-state index in [-0.39, 0.29) is 31.9 Å². The van der Waals surface area contributed by atoms with Crippen LogP contribution in [0.5, 0.6) is 11.5 Å². The minimum absolute atomic E-state index is 0. The molecule has 426 valence electrons. The first-order valence-electron chi connectivity index (χ1n) is 29.8. The summed E-state index contributed by atoms with van der Waals surface area (Å²) in [6.45, 7) is 13.7. The van der Waals surface area contributed by atoms with Gasteiger partial charge in [-0.15, -0.1) is 29.7 Å². The molecule has 0 saturated carbocycles. The monoisotopic (exact) mass is 1310 g/mol. The molecule has 7 nitrogen and oxygen atoms in total. The summed E-state index contributed by atoms with van der Waals surface area (Å²) in [6.07, 6.45) is 6.03. The number of nitrogens with zero attached hydrogens (tertiary/aromatic N) is 5. The van der Waals surface area contributed by atoms with Gasteiger partial charge in [0.1, 0.15) is 17.0 Å². The average molecular weight is 1320 g/mol. The van der Waals surface area contributed by atoms with Crippen LogP contribution in [0.2, 0.25) is 0 Å². The summed E-state index contributed by atoms with van der Waals surface area (Å²) in [6, 6.07) is 90.5. The quantitative estimate of drug-likeness (QED) is 0.123. The van der Waals surface area contributed by atoms with Crippen molar-refractivity contribution in [1.82, 2.24) is 18.7 Å². The van der Waals surface area contributed by atoms with Crippen molar-refractivity contribution in [3.05, 3.63) is 266 Å². The Kier molecular flexibility index (Phi) is 12.1. The molecule has 88 heavy (non-hydrogen) atoms. The fourth-order valence-corrected chi connectivity index (χ4v) is 13.5. The van der Waals surface area contributed by atoms with Crippen LogP contribution >= 0.6 is 0 Å². The van der Waals surface area contributed by atoms with Crippen LogP contribution < -0.4 is 9.30 Å². The molecule has 0 spiro atoms. The predicted molar refractivity (Wildman–Crippen MR) is 354 cm³/mol. The maximum atomic E-state index is 6.96. The second-order valence-electron chi connectivity index (χ2n) is 25.2. The van der Waals surface area contributed by atoms with E-state index in [9.17, 15) is 0 Å². The molecule has 0 fully saturated rings. The number of fused-ring (bicyclic) bond motifs is 16. The van der Waals surface area contributed by atoms with E-state index in [1.807, 2.05) is 36.5 Å². The molecule has 16 aromatic rings. The predicted octanol–water partition coefficient (Wildman–Crippen LogP) is 20.2. The van der Waals surface area contributed by atoms with Crippen LogP contribution in [0.4, 0.5) is 0 Å². The summed E-state index contributed by atoms with van der Waals surface area (Å²) >= 11 is 0. The molecule has 17 rings (SSSR count). The van der Waals surface area contributed by atoms with Crippen molar-refractivity contribution in [2.45, 2.75) is 52.4 Å². The molecule has 1 aliphatic heterocycles. The molecule has 0 N–H and O–H groups in total. The normalized spacial score (nSPS) is 12.3. The van der Waals surface area contributed by atoms with Crippen LogP contribution in [0, 0.1) is 18.5 Å². The number of imidazole rings is 1. The third-order valence-electron chi connectivity index (χ3n) is 17.8. The second kappa shape index (κ2) is 20.0. The van der Waals surface area contributed by atoms with Crippen LogP contribution in [-0.2, 0) is 31.9 Å². The first-order valence-corrected chi connectivity index (χ1v) is 29.8. The summed E-state index contributed by atoms with van der Waals surface area (Å²) in [4.78, 5) is 4.95. The number of furan rings is 1. The molecule has 6 heterocycles. The van der Waals surface area contributed by atoms with Gasteiger partial charge < -0.3 is 22.9 Å². The summed E-state index contributed by atoms with van der Waals surface area (Å²) in [7, 11) is 0. The summed E-state index contributed by atoms with van der Waals surface area (Å²) in [5.41, 5.74) is 21.6. The van der Waals surface area contributed by atoms with Gasteiger partial charge in [-0.3, -0.25) is 4.57 Å². The van der Waals surface area contributed by atoms with Gasteiger partial charge in [-0.1, -0.05) is 187 Å². The van der Waals surface area contributed by atoms with Crippen molar-refractivity contribution >= 4 is 76.6 Å². The Balaban J connectivity index is 0.00000624. The molecule has 1 aliphatic rings. The number of para-hydroxylation sites is 4. The first kappa shape index (κ1) is 53.4. The van der Waals surface area contributed by atoms with E-state index < -0.39 is 0 Å². The first-order chi connectivity index (χ1) is 42.4. The molecule has 0 unspecified atom stereocenters. The van der Waals surface area contributed by atoms with Crippen molar-refractivity contribution < 1.29 is 34.8 Å². The van der Waals surface area contributed by atoms with Crippen molar-refractivity contribution in [3.8, 4) is 78.9 Å². The van der Waals surface area contributed by atoms with Crippen LogP contribution in [-0.4, -0.2) is 18.7 Å². The smallest absolute Gasteiger partial charge is 0.268 e. The molecule has 0 saturated heterocycles. The van der Waals surface area contributed by atoms with Crippen molar-refractivity contribution in [1.29, 1.82) is 0 Å². The Morgan fingerprint density at radius 3 is 1.72 bits per heavy atom. The third-order valence-corrected chi connectivity index (χ3v) is 17.8. The Morgan fingerprint density at radius 1 is 0.432 bits per heavy atom. The number of benzene rings is 11. The number of ether oxygens (including phenoxy) is 1. The molecule has 11 aromatic carbocycles. The van der Waals surface area contributed by atoms with Gasteiger partial charge in [0.2, 0.25) is 0 Å². The second-order valence-corrected chi connectivity index (χ2v) is 25.2. The summed E-state index contributed by atoms with van der Waals surface area (Å²) < 4.78 is 22.6. The van der Waals surface area contributed by atoms with E-state index >= 15 is 0 Å². The van der Waals surface area contributed by atoms with Gasteiger partial charge in [-0.05, 0) is 138 Å². The number of rotatable bonds is 6. The molecule has 0 aliphatic carbocycles. The fraction of sp³-hybridized carbons (Fsp3) is 0.100. The summed E-state index contributed by atoms with van der Waals surface area (Å²) in [5.74, 6) is 1.93. The molecule has 0 radical (unpaired) electrons. The van der Waals surface area contributed by atoms with E-state index in [0.717, 1.165) is 133 Å². The molecule has 5 aromatic heterocycles. The Morgan fingerprint density at radius 2 is 1.02 bits per heavy atom. The van der Waals surface area contributed by atoms with Crippen LogP contribution in [0.15, 0.2) is 241 Å². The van der Waals surface area contributed by atoms with Gasteiger partial charge in [0.25, 0.3) is 6.33 Å². The SMILES string of the molecule is CC(C)(C)c1ccnc(-n2c3[c-]c(Oc4[c-]c(-n5[c-][n+]6c7c(cc(-c8ccc9oc%10ccccc%10c9c8)cc75)-c5ccccc5-c5ccccc5-c5cc(C(C)(C)C)cc(-n7c8ccccc8c8ccccc87)c5-6)ccc4)ccc3c3ccccc32)c1.[Pt]. The fourth-order valence-electron chi connectivity index (χ4n) is 13.5. The van der Waals surface area contributed by atoms with Gasteiger partial charge in [0.05, 0.1) is 33.4 Å². The summed E-state index contributed by atoms with van der Waals surface area (Å²) in [5, 5.41) is 6.72. The van der Waals surface area contributed by atoms with Crippen molar-refractivity contribution in [2.24, 2.45) is 0 Å². The molecule has 0 amide bonds. The topological polar surface area (TPSA) is 53.9 Å². The Bertz CT molecular complexity index is 5490. The van der Waals surface area contributed by atoms with Gasteiger partial charge in [0.15, 0.2) is 0 Å². The van der Waals surface area contributed by atoms with E-state index in [1.54, 1.807) is 0 Å². The number of aromatic nitrogens is 5. The van der Waals surface area contributed by atoms with Gasteiger partial charge in [-0.25, -0.2) is 4.98 Å². The minimum Gasteiger partial charge on any atom is -0.510 e. The van der Waals surface area contributed by atoms with Crippen molar-refractivity contribution in [3.63, 3.8) is 0 Å². The Hall–Kier alpha value is -10.1. The van der Waals surface area contributed by atoms with E-state index in [4.69, 9.17) is 14.1 Å². The third kappa shape index (κ3) is 8.35. The zero-order valence-corrected chi connectivity index (χ0v) is 51.7. The standard InChI is InChI=1S/C80H57N5O2.Pt/c1-79(2,3)51-38-39-81-76(45-51)85-70-32-17-13-28-62(70)63-36-35-55(47-71(63)85)86-54-21-19-20-53(46-54)82-48-83-77-66(41-50(42-72(77)82)49-34-37-75-65(40-49)64-29-14-18-33-74(64)87-75)58-24-9-7-22-56(58)57-23-8-10-25-59(57)67-43-52(80(4,5)6)44-73(78(67)83)84-68-30-15-11-26-60(68)61-27-12-16-31-69(61)84;/h7-45H,1-6H3;/q-2;. The number of pyridine rings is 1. The van der Waals surface area contributed by atoms with E-state index in [0.29, 0.717) is 11.5 Å². The zero-order valence-electron chi connectivity index (χ0n) is 49.4. The number of hydrogen-bond donors (Lipinski definition) is 0. The van der Waals surface area contributed by atoms with E-state index in [2.05, 4.69) is 278 Å². The zero-order chi connectivity index (χ0) is 58.4. The molecular weight excluding hydrogens is 1260 g/mol. The maximum absolute atomic E-state index is 6.96. The van der Waals surface area contributed by atoms with Gasteiger partial charge in [0, 0.05) is 65.8 Å². The molecular formula is C80H57N5O2Pt-2. The van der Waals surface area contributed by atoms with Crippen LogP contribution in [0.3, 0.4) is 0 Å². The number of hydrogen-bond acceptors (Lipinski definition) is 3. The Labute approximate surface area is 524 Å². The molecule has 0 atom stereocenters. The largest absolute Gasteiger partial charge is 0.510 e. The molecule has 0 bridgehead atoms. The van der Waals surface area contributed by atoms with E-state index in [1.165, 1.54) is 21.9 Å².